The molecular formula is C16H19N3O4. The Bertz CT molecular complexity index is 629. The first-order chi connectivity index (χ1) is 10.9. The Morgan fingerprint density at radius 3 is 2.00 bits per heavy atom. The highest BCUT2D eigenvalue weighted by Crippen LogP contribution is 2.31. The number of nitrogens with zero attached hydrogens (tertiary/aromatic N) is 2. The van der Waals surface area contributed by atoms with Gasteiger partial charge >= 0.3 is 6.09 Å². The lowest BCUT2D eigenvalue weighted by Gasteiger charge is -2.20. The number of rotatable bonds is 2. The molecule has 7 heteroatoms. The number of anilines is 1. The number of nitrogens with one attached hydrogen (secondary N) is 1. The summed E-state index contributed by atoms with van der Waals surface area (Å²) in [7, 11) is 0. The van der Waals surface area contributed by atoms with Crippen molar-refractivity contribution < 1.29 is 19.5 Å². The number of fused-ring (bicyclic) bond motifs is 1. The van der Waals surface area contributed by atoms with Gasteiger partial charge in [-0.3, -0.25) is 9.59 Å². The van der Waals surface area contributed by atoms with Gasteiger partial charge in [-0.25, -0.2) is 4.79 Å². The summed E-state index contributed by atoms with van der Waals surface area (Å²) in [5.41, 5.74) is 1.23. The van der Waals surface area contributed by atoms with Crippen LogP contribution in [0.5, 0.6) is 0 Å². The normalized spacial score (nSPS) is 22.8. The maximum atomic E-state index is 12.5. The van der Waals surface area contributed by atoms with Gasteiger partial charge in [0.05, 0.1) is 0 Å². The molecule has 2 atom stereocenters. The van der Waals surface area contributed by atoms with Crippen molar-refractivity contribution in [2.75, 3.05) is 31.5 Å². The molecule has 2 aliphatic rings. The summed E-state index contributed by atoms with van der Waals surface area (Å²) in [5, 5.41) is 11.7. The molecule has 1 aromatic rings. The van der Waals surface area contributed by atoms with E-state index in [9.17, 15) is 14.4 Å². The van der Waals surface area contributed by atoms with Gasteiger partial charge in [0.25, 0.3) is 5.91 Å². The molecule has 0 aliphatic carbocycles. The van der Waals surface area contributed by atoms with Gasteiger partial charge in [-0.1, -0.05) is 0 Å². The Hall–Kier alpha value is -2.57. The van der Waals surface area contributed by atoms with Crippen LogP contribution in [-0.4, -0.2) is 59.0 Å². The van der Waals surface area contributed by atoms with Crippen LogP contribution in [0.15, 0.2) is 24.3 Å². The van der Waals surface area contributed by atoms with Crippen LogP contribution in [0.3, 0.4) is 0 Å². The number of amides is 3. The molecule has 7 nitrogen and oxygen atoms in total. The second-order valence-corrected chi connectivity index (χ2v) is 6.18. The average molecular weight is 317 g/mol. The zero-order chi connectivity index (χ0) is 16.6. The van der Waals surface area contributed by atoms with Crippen molar-refractivity contribution in [2.24, 2.45) is 11.8 Å². The van der Waals surface area contributed by atoms with Gasteiger partial charge in [0, 0.05) is 56.2 Å². The van der Waals surface area contributed by atoms with Gasteiger partial charge in [-0.2, -0.15) is 0 Å². The summed E-state index contributed by atoms with van der Waals surface area (Å²) in [5.74, 6) is 0.262. The van der Waals surface area contributed by atoms with Crippen LogP contribution in [0.4, 0.5) is 10.5 Å². The van der Waals surface area contributed by atoms with E-state index >= 15 is 0 Å². The first-order valence-electron chi connectivity index (χ1n) is 7.59. The quantitative estimate of drug-likeness (QED) is 0.861. The Morgan fingerprint density at radius 2 is 1.52 bits per heavy atom. The highest BCUT2D eigenvalue weighted by Gasteiger charge is 2.43. The molecule has 2 heterocycles. The topological polar surface area (TPSA) is 90.0 Å². The standard InChI is InChI=1S/C16H19N3O4/c1-10(20)17-14-4-2-11(3-5-14)15(21)18-6-12-8-19(16(22)23)9-13(12)7-18/h2-5,12-13H,6-9H2,1H3,(H,17,20)(H,22,23). The van der Waals surface area contributed by atoms with Crippen LogP contribution in [-0.2, 0) is 4.79 Å². The summed E-state index contributed by atoms with van der Waals surface area (Å²) in [6.45, 7) is 3.64. The number of carbonyl (C=O) groups is 3. The highest BCUT2D eigenvalue weighted by molar-refractivity contribution is 5.95. The second-order valence-electron chi connectivity index (χ2n) is 6.18. The van der Waals surface area contributed by atoms with Crippen LogP contribution in [0.1, 0.15) is 17.3 Å². The van der Waals surface area contributed by atoms with Gasteiger partial charge < -0.3 is 20.2 Å². The van der Waals surface area contributed by atoms with E-state index in [-0.39, 0.29) is 23.7 Å². The lowest BCUT2D eigenvalue weighted by atomic mass is 10.0. The number of likely N-dealkylation sites (tertiary alicyclic amines) is 2. The van der Waals surface area contributed by atoms with Gasteiger partial charge in [0.2, 0.25) is 5.91 Å². The van der Waals surface area contributed by atoms with Crippen molar-refractivity contribution in [2.45, 2.75) is 6.92 Å². The molecule has 23 heavy (non-hydrogen) atoms. The van der Waals surface area contributed by atoms with Crippen molar-refractivity contribution in [1.82, 2.24) is 9.80 Å². The molecule has 3 amide bonds. The Morgan fingerprint density at radius 1 is 1.00 bits per heavy atom. The molecule has 2 unspecified atom stereocenters. The number of carboxylic acid groups (broad SMARTS) is 1. The van der Waals surface area contributed by atoms with Crippen LogP contribution in [0.2, 0.25) is 0 Å². The van der Waals surface area contributed by atoms with E-state index in [2.05, 4.69) is 5.32 Å². The van der Waals surface area contributed by atoms with Gasteiger partial charge in [0.15, 0.2) is 0 Å². The zero-order valence-corrected chi connectivity index (χ0v) is 12.9. The fourth-order valence-electron chi connectivity index (χ4n) is 3.40. The summed E-state index contributed by atoms with van der Waals surface area (Å²) >= 11 is 0. The van der Waals surface area contributed by atoms with Crippen molar-refractivity contribution in [1.29, 1.82) is 0 Å². The van der Waals surface area contributed by atoms with Crippen molar-refractivity contribution in [3.05, 3.63) is 29.8 Å². The predicted molar refractivity (Wildman–Crippen MR) is 83.2 cm³/mol. The molecule has 2 fully saturated rings. The minimum absolute atomic E-state index is 0.0457. The Labute approximate surface area is 133 Å². The largest absolute Gasteiger partial charge is 0.465 e. The summed E-state index contributed by atoms with van der Waals surface area (Å²) < 4.78 is 0. The van der Waals surface area contributed by atoms with Crippen LogP contribution in [0.25, 0.3) is 0 Å². The third kappa shape index (κ3) is 3.13. The van der Waals surface area contributed by atoms with Crippen LogP contribution in [0, 0.1) is 11.8 Å². The van der Waals surface area contributed by atoms with Crippen molar-refractivity contribution in [3.63, 3.8) is 0 Å². The third-order valence-electron chi connectivity index (χ3n) is 4.50. The highest BCUT2D eigenvalue weighted by atomic mass is 16.4. The first kappa shape index (κ1) is 15.3. The molecular weight excluding hydrogens is 298 g/mol. The number of benzene rings is 1. The minimum atomic E-state index is -0.883. The Kier molecular flexibility index (Phi) is 3.94. The lowest BCUT2D eigenvalue weighted by Crippen LogP contribution is -2.35. The molecule has 0 spiro atoms. The second kappa shape index (κ2) is 5.91. The molecule has 2 aliphatic heterocycles. The molecule has 0 saturated carbocycles. The maximum Gasteiger partial charge on any atom is 0.407 e. The van der Waals surface area contributed by atoms with E-state index in [0.29, 0.717) is 37.4 Å². The third-order valence-corrected chi connectivity index (χ3v) is 4.50. The smallest absolute Gasteiger partial charge is 0.407 e. The molecule has 2 saturated heterocycles. The number of carbonyl (C=O) groups excluding carboxylic acids is 2. The van der Waals surface area contributed by atoms with Gasteiger partial charge in [0.1, 0.15) is 0 Å². The average Bonchev–Trinajstić information content (AvgIpc) is 3.05. The fraction of sp³-hybridized carbons (Fsp3) is 0.438. The summed E-state index contributed by atoms with van der Waals surface area (Å²) in [4.78, 5) is 37.7. The van der Waals surface area contributed by atoms with Crippen LogP contribution >= 0.6 is 0 Å². The molecule has 2 N–H and O–H groups in total. The van der Waals surface area contributed by atoms with E-state index < -0.39 is 6.09 Å². The van der Waals surface area contributed by atoms with Crippen molar-refractivity contribution in [3.8, 4) is 0 Å². The SMILES string of the molecule is CC(=O)Nc1ccc(C(=O)N2CC3CN(C(=O)O)CC3C2)cc1. The molecule has 3 rings (SSSR count). The molecule has 1 aromatic carbocycles. The molecule has 0 bridgehead atoms. The summed E-state index contributed by atoms with van der Waals surface area (Å²) in [6, 6.07) is 6.81. The van der Waals surface area contributed by atoms with E-state index in [1.807, 2.05) is 0 Å². The van der Waals surface area contributed by atoms with Crippen LogP contribution < -0.4 is 5.32 Å². The van der Waals surface area contributed by atoms with E-state index in [1.165, 1.54) is 11.8 Å². The first-order valence-corrected chi connectivity index (χ1v) is 7.59. The number of hydrogen-bond acceptors (Lipinski definition) is 3. The van der Waals surface area contributed by atoms with E-state index in [4.69, 9.17) is 5.11 Å². The predicted octanol–water partition coefficient (Wildman–Crippen LogP) is 1.33. The minimum Gasteiger partial charge on any atom is -0.465 e. The summed E-state index contributed by atoms with van der Waals surface area (Å²) in [6.07, 6.45) is -0.883. The van der Waals surface area contributed by atoms with Gasteiger partial charge in [-0.05, 0) is 24.3 Å². The molecule has 0 aromatic heterocycles. The lowest BCUT2D eigenvalue weighted by molar-refractivity contribution is -0.114. The van der Waals surface area contributed by atoms with Crippen molar-refractivity contribution >= 4 is 23.6 Å². The monoisotopic (exact) mass is 317 g/mol. The molecule has 0 radical (unpaired) electrons. The molecule has 122 valence electrons. The number of hydrogen-bond donors (Lipinski definition) is 2. The fourth-order valence-corrected chi connectivity index (χ4v) is 3.40. The van der Waals surface area contributed by atoms with E-state index in [0.717, 1.165) is 0 Å². The Balaban J connectivity index is 1.62. The van der Waals surface area contributed by atoms with Gasteiger partial charge in [-0.15, -0.1) is 0 Å². The maximum absolute atomic E-state index is 12.5. The van der Waals surface area contributed by atoms with E-state index in [1.54, 1.807) is 29.2 Å². The zero-order valence-electron chi connectivity index (χ0n) is 12.9.